The molecule has 2 heterocycles. The number of thiophene rings is 1. The van der Waals surface area contributed by atoms with E-state index in [0.717, 1.165) is 16.3 Å². The maximum absolute atomic E-state index is 12.2. The van der Waals surface area contributed by atoms with E-state index >= 15 is 0 Å². The summed E-state index contributed by atoms with van der Waals surface area (Å²) in [5, 5.41) is 5.44. The predicted molar refractivity (Wildman–Crippen MR) is 75.2 cm³/mol. The summed E-state index contributed by atoms with van der Waals surface area (Å²) in [4.78, 5) is 25.4. The van der Waals surface area contributed by atoms with Gasteiger partial charge in [-0.15, -0.1) is 11.3 Å². The average Bonchev–Trinajstić information content (AvgIpc) is 2.80. The van der Waals surface area contributed by atoms with Crippen LogP contribution in [-0.2, 0) is 16.1 Å². The van der Waals surface area contributed by atoms with E-state index in [1.807, 2.05) is 41.8 Å². The number of nitrogens with zero attached hydrogens (tertiary/aromatic N) is 1. The molecule has 0 aliphatic carbocycles. The molecule has 1 aliphatic rings. The average molecular weight is 272 g/mol. The third kappa shape index (κ3) is 2.37. The van der Waals surface area contributed by atoms with Gasteiger partial charge in [-0.1, -0.05) is 30.3 Å². The van der Waals surface area contributed by atoms with Crippen molar-refractivity contribution in [2.75, 3.05) is 10.2 Å². The van der Waals surface area contributed by atoms with E-state index in [-0.39, 0.29) is 18.2 Å². The first kappa shape index (κ1) is 11.9. The topological polar surface area (TPSA) is 49.4 Å². The molecule has 0 fully saturated rings. The molecule has 0 saturated carbocycles. The van der Waals surface area contributed by atoms with E-state index in [9.17, 15) is 9.59 Å². The lowest BCUT2D eigenvalue weighted by Crippen LogP contribution is -2.30. The number of nitrogens with one attached hydrogen (secondary N) is 1. The zero-order valence-corrected chi connectivity index (χ0v) is 10.9. The predicted octanol–water partition coefficient (Wildman–Crippen LogP) is 2.62. The van der Waals surface area contributed by atoms with Crippen molar-refractivity contribution in [2.45, 2.75) is 13.0 Å². The first-order chi connectivity index (χ1) is 9.24. The third-order valence-corrected chi connectivity index (χ3v) is 3.90. The summed E-state index contributed by atoms with van der Waals surface area (Å²) in [6, 6.07) is 11.6. The van der Waals surface area contributed by atoms with Crippen molar-refractivity contribution in [1.29, 1.82) is 0 Å². The number of amides is 2. The van der Waals surface area contributed by atoms with Crippen LogP contribution in [0.25, 0.3) is 0 Å². The van der Waals surface area contributed by atoms with Gasteiger partial charge in [-0.3, -0.25) is 14.5 Å². The van der Waals surface area contributed by atoms with Gasteiger partial charge in [0, 0.05) is 0 Å². The number of hydrogen-bond donors (Lipinski definition) is 1. The lowest BCUT2D eigenvalue weighted by Gasteiger charge is -2.19. The molecule has 0 spiro atoms. The summed E-state index contributed by atoms with van der Waals surface area (Å²) in [6.07, 6.45) is -0.103. The van der Waals surface area contributed by atoms with Crippen molar-refractivity contribution in [3.63, 3.8) is 0 Å². The summed E-state index contributed by atoms with van der Waals surface area (Å²) in [5.41, 5.74) is 1.77. The summed E-state index contributed by atoms with van der Waals surface area (Å²) < 4.78 is 0. The number of fused-ring (bicyclic) bond motifs is 1. The molecule has 5 heteroatoms. The Morgan fingerprint density at radius 3 is 2.74 bits per heavy atom. The van der Waals surface area contributed by atoms with Crippen LogP contribution >= 0.6 is 11.3 Å². The minimum absolute atomic E-state index is 0.103. The highest BCUT2D eigenvalue weighted by Gasteiger charge is 2.27. The number of anilines is 2. The Morgan fingerprint density at radius 2 is 1.95 bits per heavy atom. The van der Waals surface area contributed by atoms with Crippen molar-refractivity contribution in [3.8, 4) is 0 Å². The monoisotopic (exact) mass is 272 g/mol. The summed E-state index contributed by atoms with van der Waals surface area (Å²) in [7, 11) is 0. The second kappa shape index (κ2) is 4.85. The van der Waals surface area contributed by atoms with Crippen LogP contribution in [0.1, 0.15) is 12.0 Å². The fourth-order valence-electron chi connectivity index (χ4n) is 2.07. The molecule has 19 heavy (non-hydrogen) atoms. The van der Waals surface area contributed by atoms with Crippen LogP contribution in [0.15, 0.2) is 41.8 Å². The second-order valence-corrected chi connectivity index (χ2v) is 5.22. The number of carbonyl (C=O) groups excluding carboxylic acids is 2. The fraction of sp³-hybridized carbons (Fsp3) is 0.143. The Balaban J connectivity index is 1.96. The number of hydrogen-bond acceptors (Lipinski definition) is 3. The lowest BCUT2D eigenvalue weighted by atomic mass is 10.2. The lowest BCUT2D eigenvalue weighted by molar-refractivity contribution is -0.125. The van der Waals surface area contributed by atoms with Crippen LogP contribution < -0.4 is 10.2 Å². The molecule has 0 atom stereocenters. The van der Waals surface area contributed by atoms with Gasteiger partial charge in [0.25, 0.3) is 0 Å². The molecule has 2 aromatic rings. The molecule has 0 radical (unpaired) electrons. The smallest absolute Gasteiger partial charge is 0.237 e. The molecule has 96 valence electrons. The van der Waals surface area contributed by atoms with Crippen LogP contribution in [0.3, 0.4) is 0 Å². The Bertz CT molecular complexity index is 621. The highest BCUT2D eigenvalue weighted by molar-refractivity contribution is 7.15. The van der Waals surface area contributed by atoms with Gasteiger partial charge < -0.3 is 5.32 Å². The molecular formula is C14H12N2O2S. The van der Waals surface area contributed by atoms with Gasteiger partial charge in [-0.25, -0.2) is 0 Å². The molecule has 4 nitrogen and oxygen atoms in total. The van der Waals surface area contributed by atoms with Gasteiger partial charge in [0.15, 0.2) is 0 Å². The molecule has 1 aromatic heterocycles. The van der Waals surface area contributed by atoms with E-state index in [1.54, 1.807) is 4.90 Å². The Kier molecular flexibility index (Phi) is 3.05. The molecular weight excluding hydrogens is 260 g/mol. The van der Waals surface area contributed by atoms with Gasteiger partial charge in [0.2, 0.25) is 11.8 Å². The van der Waals surface area contributed by atoms with Crippen LogP contribution in [0.2, 0.25) is 0 Å². The molecule has 1 aliphatic heterocycles. The maximum Gasteiger partial charge on any atom is 0.237 e. The van der Waals surface area contributed by atoms with E-state index in [4.69, 9.17) is 0 Å². The standard InChI is InChI=1S/C14H12N2O2S/c17-12-8-13(18)16(9-10-4-2-1-3-5-10)14-11(15-12)6-7-19-14/h1-7H,8-9H2,(H,15,17). The van der Waals surface area contributed by atoms with E-state index < -0.39 is 0 Å². The summed E-state index contributed by atoms with van der Waals surface area (Å²) in [6.45, 7) is 0.488. The largest absolute Gasteiger partial charge is 0.323 e. The molecule has 0 saturated heterocycles. The van der Waals surface area contributed by atoms with E-state index in [2.05, 4.69) is 5.32 Å². The first-order valence-electron chi connectivity index (χ1n) is 5.95. The van der Waals surface area contributed by atoms with Crippen LogP contribution in [0.5, 0.6) is 0 Å². The first-order valence-corrected chi connectivity index (χ1v) is 6.83. The zero-order chi connectivity index (χ0) is 13.2. The number of benzene rings is 1. The van der Waals surface area contributed by atoms with Gasteiger partial charge >= 0.3 is 0 Å². The van der Waals surface area contributed by atoms with Gasteiger partial charge in [0.05, 0.1) is 12.2 Å². The van der Waals surface area contributed by atoms with E-state index in [1.165, 1.54) is 11.3 Å². The molecule has 0 unspecified atom stereocenters. The van der Waals surface area contributed by atoms with E-state index in [0.29, 0.717) is 6.54 Å². The zero-order valence-electron chi connectivity index (χ0n) is 10.1. The molecule has 3 rings (SSSR count). The molecule has 0 bridgehead atoms. The van der Waals surface area contributed by atoms with Crippen molar-refractivity contribution in [1.82, 2.24) is 0 Å². The highest BCUT2D eigenvalue weighted by atomic mass is 32.1. The van der Waals surface area contributed by atoms with Gasteiger partial charge in [0.1, 0.15) is 11.4 Å². The highest BCUT2D eigenvalue weighted by Crippen LogP contribution is 2.35. The number of carbonyl (C=O) groups is 2. The minimum Gasteiger partial charge on any atom is -0.323 e. The quantitative estimate of drug-likeness (QED) is 0.854. The normalized spacial score (nSPS) is 14.8. The van der Waals surface area contributed by atoms with Crippen LogP contribution in [0.4, 0.5) is 10.7 Å². The molecule has 1 aromatic carbocycles. The Labute approximate surface area is 114 Å². The third-order valence-electron chi connectivity index (χ3n) is 2.96. The van der Waals surface area contributed by atoms with Crippen molar-refractivity contribution in [2.24, 2.45) is 0 Å². The summed E-state index contributed by atoms with van der Waals surface area (Å²) in [5.74, 6) is -0.414. The molecule has 1 N–H and O–H groups in total. The van der Waals surface area contributed by atoms with Gasteiger partial charge in [-0.05, 0) is 17.0 Å². The SMILES string of the molecule is O=C1CC(=O)N(Cc2ccccc2)c2sccc2N1. The Morgan fingerprint density at radius 1 is 1.16 bits per heavy atom. The molecule has 2 amide bonds. The van der Waals surface area contributed by atoms with Crippen LogP contribution in [-0.4, -0.2) is 11.8 Å². The van der Waals surface area contributed by atoms with Crippen molar-refractivity contribution in [3.05, 3.63) is 47.3 Å². The Hall–Kier alpha value is -2.14. The van der Waals surface area contributed by atoms with Gasteiger partial charge in [-0.2, -0.15) is 0 Å². The second-order valence-electron chi connectivity index (χ2n) is 4.33. The summed E-state index contributed by atoms with van der Waals surface area (Å²) >= 11 is 1.46. The maximum atomic E-state index is 12.2. The number of rotatable bonds is 2. The minimum atomic E-state index is -0.250. The van der Waals surface area contributed by atoms with Crippen molar-refractivity contribution >= 4 is 33.8 Å². The van der Waals surface area contributed by atoms with Crippen LogP contribution in [0, 0.1) is 0 Å². The fourth-order valence-corrected chi connectivity index (χ4v) is 2.94. The van der Waals surface area contributed by atoms with Crippen molar-refractivity contribution < 1.29 is 9.59 Å².